The average Bonchev–Trinajstić information content (AvgIpc) is 3.28. The zero-order valence-corrected chi connectivity index (χ0v) is 20.1. The number of ether oxygens (including phenoxy) is 1. The van der Waals surface area contributed by atoms with Gasteiger partial charge in [-0.3, -0.25) is 18.5 Å². The van der Waals surface area contributed by atoms with E-state index < -0.39 is 58.0 Å². The third-order valence-corrected chi connectivity index (χ3v) is 7.48. The lowest BCUT2D eigenvalue weighted by Gasteiger charge is -2.19. The Hall–Kier alpha value is -2.49. The van der Waals surface area contributed by atoms with E-state index in [0.717, 1.165) is 27.0 Å². The monoisotopic (exact) mass is 549 g/mol. The van der Waals surface area contributed by atoms with Gasteiger partial charge in [0.1, 0.15) is 24.0 Å². The number of fused-ring (bicyclic) bond motifs is 1. The first-order chi connectivity index (χ1) is 16.8. The highest BCUT2D eigenvalue weighted by atomic mass is 31.3. The molecular weight excluding hydrogens is 528 g/mol. The molecule has 4 rings (SSSR count). The Labute approximate surface area is 200 Å². The first-order valence-electron chi connectivity index (χ1n) is 10.2. The highest BCUT2D eigenvalue weighted by molar-refractivity contribution is 7.60. The van der Waals surface area contributed by atoms with Crippen molar-refractivity contribution in [3.63, 3.8) is 0 Å². The zero-order chi connectivity index (χ0) is 26.4. The van der Waals surface area contributed by atoms with E-state index in [-0.39, 0.29) is 6.54 Å². The molecule has 36 heavy (non-hydrogen) atoms. The van der Waals surface area contributed by atoms with E-state index >= 15 is 0 Å². The molecule has 1 aliphatic heterocycles. The van der Waals surface area contributed by atoms with Crippen molar-refractivity contribution in [2.45, 2.75) is 38.0 Å². The standard InChI is InChI=1S/C18H21N3O13P2/c1-9-2-3-10-11(19-33-12(10)6-9)7-21-14(22)4-5-20(18(21)25)17-16(24)15(23)13(32-17)8-31-36(29,30)34-35(26,27)28/h2-6,13,15-17,23-24H,7-8H2,1H3,(H,29,30)(H2,26,27,28). The number of hydrogen-bond donors (Lipinski definition) is 5. The Balaban J connectivity index is 1.57. The summed E-state index contributed by atoms with van der Waals surface area (Å²) < 4.78 is 42.7. The van der Waals surface area contributed by atoms with Crippen LogP contribution in [-0.4, -0.2) is 64.1 Å². The van der Waals surface area contributed by atoms with Gasteiger partial charge in [-0.25, -0.2) is 13.9 Å². The normalized spacial score (nSPS) is 24.3. The van der Waals surface area contributed by atoms with Crippen LogP contribution in [0.5, 0.6) is 0 Å². The molecule has 0 aliphatic carbocycles. The predicted octanol–water partition coefficient (Wildman–Crippen LogP) is -0.647. The first kappa shape index (κ1) is 26.6. The fourth-order valence-electron chi connectivity index (χ4n) is 3.65. The molecule has 0 radical (unpaired) electrons. The maximum absolute atomic E-state index is 13.1. The molecule has 1 fully saturated rings. The molecule has 0 bridgehead atoms. The van der Waals surface area contributed by atoms with Crippen molar-refractivity contribution in [1.82, 2.24) is 14.3 Å². The molecule has 16 nitrogen and oxygen atoms in total. The van der Waals surface area contributed by atoms with E-state index in [1.165, 1.54) is 0 Å². The van der Waals surface area contributed by atoms with E-state index in [1.807, 2.05) is 6.92 Å². The Kier molecular flexibility index (Phi) is 7.20. The molecule has 5 unspecified atom stereocenters. The van der Waals surface area contributed by atoms with E-state index in [1.54, 1.807) is 18.2 Å². The smallest absolute Gasteiger partial charge is 0.387 e. The van der Waals surface area contributed by atoms with Crippen molar-refractivity contribution in [3.8, 4) is 0 Å². The third-order valence-electron chi connectivity index (χ3n) is 5.33. The van der Waals surface area contributed by atoms with Gasteiger partial charge in [0.2, 0.25) is 0 Å². The lowest BCUT2D eigenvalue weighted by atomic mass is 10.1. The number of phosphoric acid groups is 2. The van der Waals surface area contributed by atoms with Gasteiger partial charge in [-0.05, 0) is 24.6 Å². The molecule has 0 spiro atoms. The molecule has 0 saturated carbocycles. The van der Waals surface area contributed by atoms with Crippen LogP contribution in [-0.2, 0) is 29.2 Å². The van der Waals surface area contributed by atoms with Crippen molar-refractivity contribution >= 4 is 26.6 Å². The van der Waals surface area contributed by atoms with Crippen LogP contribution in [0, 0.1) is 6.92 Å². The van der Waals surface area contributed by atoms with Gasteiger partial charge in [-0.1, -0.05) is 11.2 Å². The van der Waals surface area contributed by atoms with Crippen LogP contribution in [0.1, 0.15) is 17.5 Å². The van der Waals surface area contributed by atoms with Crippen LogP contribution in [0.3, 0.4) is 0 Å². The number of nitrogens with zero attached hydrogens (tertiary/aromatic N) is 3. The molecule has 1 aliphatic rings. The lowest BCUT2D eigenvalue weighted by molar-refractivity contribution is -0.0547. The van der Waals surface area contributed by atoms with Crippen LogP contribution < -0.4 is 11.2 Å². The summed E-state index contributed by atoms with van der Waals surface area (Å²) in [6, 6.07) is 6.29. The minimum atomic E-state index is -5.38. The van der Waals surface area contributed by atoms with E-state index in [0.29, 0.717) is 16.7 Å². The summed E-state index contributed by atoms with van der Waals surface area (Å²) in [4.78, 5) is 52.2. The number of rotatable bonds is 8. The number of aryl methyl sites for hydroxylation is 1. The molecule has 5 atom stereocenters. The summed E-state index contributed by atoms with van der Waals surface area (Å²) in [5.41, 5.74) is 0.0489. The number of aliphatic hydroxyl groups is 2. The summed E-state index contributed by atoms with van der Waals surface area (Å²) in [6.07, 6.45) is -5.53. The number of aliphatic hydroxyl groups excluding tert-OH is 2. The number of hydrogen-bond acceptors (Lipinski definition) is 11. The second kappa shape index (κ2) is 9.76. The molecule has 5 N–H and O–H groups in total. The maximum Gasteiger partial charge on any atom is 0.481 e. The number of aromatic nitrogens is 3. The summed E-state index contributed by atoms with van der Waals surface area (Å²) in [6.45, 7) is 0.632. The van der Waals surface area contributed by atoms with E-state index in [2.05, 4.69) is 14.0 Å². The topological polar surface area (TPSA) is 233 Å². The number of phosphoric ester groups is 1. The molecule has 3 aromatic rings. The second-order valence-electron chi connectivity index (χ2n) is 7.94. The molecule has 3 heterocycles. The van der Waals surface area contributed by atoms with Gasteiger partial charge in [0, 0.05) is 17.6 Å². The summed E-state index contributed by atoms with van der Waals surface area (Å²) >= 11 is 0. The second-order valence-corrected chi connectivity index (χ2v) is 10.8. The van der Waals surface area contributed by atoms with Gasteiger partial charge < -0.3 is 34.2 Å². The maximum atomic E-state index is 13.1. The van der Waals surface area contributed by atoms with Gasteiger partial charge in [0.15, 0.2) is 11.8 Å². The van der Waals surface area contributed by atoms with Gasteiger partial charge in [-0.15, -0.1) is 0 Å². The van der Waals surface area contributed by atoms with Crippen LogP contribution >= 0.6 is 15.6 Å². The third kappa shape index (κ3) is 5.58. The number of benzene rings is 1. The van der Waals surface area contributed by atoms with Gasteiger partial charge in [0.05, 0.1) is 13.2 Å². The molecule has 1 aromatic carbocycles. The average molecular weight is 549 g/mol. The molecule has 18 heteroatoms. The Morgan fingerprint density at radius 1 is 1.11 bits per heavy atom. The first-order valence-corrected chi connectivity index (χ1v) is 13.2. The molecule has 0 amide bonds. The zero-order valence-electron chi connectivity index (χ0n) is 18.3. The van der Waals surface area contributed by atoms with Crippen molar-refractivity contribution in [2.75, 3.05) is 6.61 Å². The Bertz CT molecular complexity index is 1490. The SMILES string of the molecule is Cc1ccc2c(Cn3c(=O)ccn(C4OC(COP(=O)(O)OP(=O)(O)O)C(O)C4O)c3=O)noc2c1. The highest BCUT2D eigenvalue weighted by Crippen LogP contribution is 2.57. The molecule has 1 saturated heterocycles. The molecule has 2 aromatic heterocycles. The van der Waals surface area contributed by atoms with Crippen molar-refractivity contribution in [3.05, 3.63) is 62.6 Å². The minimum absolute atomic E-state index is 0.278. The summed E-state index contributed by atoms with van der Waals surface area (Å²) in [7, 11) is -10.6. The minimum Gasteiger partial charge on any atom is -0.387 e. The Morgan fingerprint density at radius 2 is 1.83 bits per heavy atom. The van der Waals surface area contributed by atoms with E-state index in [9.17, 15) is 33.8 Å². The molecule has 196 valence electrons. The van der Waals surface area contributed by atoms with Crippen molar-refractivity contribution in [2.24, 2.45) is 0 Å². The summed E-state index contributed by atoms with van der Waals surface area (Å²) in [5, 5.41) is 25.2. The fraction of sp³-hybridized carbons (Fsp3) is 0.389. The highest BCUT2D eigenvalue weighted by Gasteiger charge is 2.46. The van der Waals surface area contributed by atoms with Gasteiger partial charge >= 0.3 is 21.3 Å². The van der Waals surface area contributed by atoms with Gasteiger partial charge in [-0.2, -0.15) is 4.31 Å². The van der Waals surface area contributed by atoms with Crippen LogP contribution in [0.15, 0.2) is 44.6 Å². The largest absolute Gasteiger partial charge is 0.481 e. The van der Waals surface area contributed by atoms with Crippen LogP contribution in [0.25, 0.3) is 11.0 Å². The van der Waals surface area contributed by atoms with Crippen LogP contribution in [0.2, 0.25) is 0 Å². The Morgan fingerprint density at radius 3 is 2.53 bits per heavy atom. The van der Waals surface area contributed by atoms with Gasteiger partial charge in [0.25, 0.3) is 5.56 Å². The quantitative estimate of drug-likeness (QED) is 0.220. The molecular formula is C18H21N3O13P2. The fourth-order valence-corrected chi connectivity index (χ4v) is 5.25. The summed E-state index contributed by atoms with van der Waals surface area (Å²) in [5.74, 6) is 0. The van der Waals surface area contributed by atoms with Crippen LogP contribution in [0.4, 0.5) is 0 Å². The van der Waals surface area contributed by atoms with E-state index in [4.69, 9.17) is 19.0 Å². The lowest BCUT2D eigenvalue weighted by Crippen LogP contribution is -2.43. The van der Waals surface area contributed by atoms with Crippen molar-refractivity contribution in [1.29, 1.82) is 0 Å². The van der Waals surface area contributed by atoms with Crippen molar-refractivity contribution < 1.29 is 52.1 Å². The predicted molar refractivity (Wildman–Crippen MR) is 118 cm³/mol.